The highest BCUT2D eigenvalue weighted by molar-refractivity contribution is 5.95. The number of ether oxygens (including phenoxy) is 2. The van der Waals surface area contributed by atoms with Gasteiger partial charge in [0.15, 0.2) is 0 Å². The Morgan fingerprint density at radius 2 is 2.30 bits per heavy atom. The van der Waals surface area contributed by atoms with Gasteiger partial charge >= 0.3 is 0 Å². The molecule has 1 aliphatic rings. The minimum absolute atomic E-state index is 0.102. The molecule has 120 valence electrons. The number of methoxy groups -OCH3 is 1. The Morgan fingerprint density at radius 3 is 3.09 bits per heavy atom. The van der Waals surface area contributed by atoms with Gasteiger partial charge in [-0.05, 0) is 36.6 Å². The fourth-order valence-electron chi connectivity index (χ4n) is 2.89. The van der Waals surface area contributed by atoms with Gasteiger partial charge in [0.05, 0.1) is 25.0 Å². The molecule has 1 unspecified atom stereocenters. The summed E-state index contributed by atoms with van der Waals surface area (Å²) >= 11 is 0. The summed E-state index contributed by atoms with van der Waals surface area (Å²) in [5, 5.41) is 2.66. The minimum Gasteiger partial charge on any atom is -0.497 e. The van der Waals surface area contributed by atoms with Crippen LogP contribution in [0.25, 0.3) is 0 Å². The third-order valence-corrected chi connectivity index (χ3v) is 4.10. The molecule has 1 aliphatic heterocycles. The molecule has 1 atom stereocenters. The van der Waals surface area contributed by atoms with Gasteiger partial charge in [0.2, 0.25) is 0 Å². The molecule has 1 aromatic heterocycles. The van der Waals surface area contributed by atoms with Crippen LogP contribution in [-0.4, -0.2) is 31.7 Å². The molecular formula is C18H20N2O3. The number of aromatic nitrogens is 1. The van der Waals surface area contributed by atoms with Crippen molar-refractivity contribution in [3.8, 4) is 11.5 Å². The van der Waals surface area contributed by atoms with Crippen LogP contribution in [0.4, 0.5) is 0 Å². The number of fused-ring (bicyclic) bond motifs is 1. The Hall–Kier alpha value is -2.56. The summed E-state index contributed by atoms with van der Waals surface area (Å²) < 4.78 is 11.1. The van der Waals surface area contributed by atoms with Crippen LogP contribution in [0.15, 0.2) is 36.5 Å². The van der Waals surface area contributed by atoms with E-state index in [0.29, 0.717) is 18.1 Å². The Labute approximate surface area is 135 Å². The predicted molar refractivity (Wildman–Crippen MR) is 87.0 cm³/mol. The Kier molecular flexibility index (Phi) is 4.46. The molecule has 0 spiro atoms. The van der Waals surface area contributed by atoms with E-state index in [1.165, 1.54) is 5.56 Å². The van der Waals surface area contributed by atoms with Crippen LogP contribution in [0, 0.1) is 5.92 Å². The number of hydrogen-bond donors (Lipinski definition) is 1. The van der Waals surface area contributed by atoms with E-state index in [1.54, 1.807) is 26.4 Å². The molecule has 0 radical (unpaired) electrons. The van der Waals surface area contributed by atoms with Gasteiger partial charge in [-0.25, -0.2) is 0 Å². The van der Waals surface area contributed by atoms with Crippen LogP contribution in [0.3, 0.4) is 0 Å². The van der Waals surface area contributed by atoms with Crippen LogP contribution in [-0.2, 0) is 12.8 Å². The van der Waals surface area contributed by atoms with E-state index in [0.717, 1.165) is 30.0 Å². The smallest absolute Gasteiger partial charge is 0.252 e. The van der Waals surface area contributed by atoms with Crippen LogP contribution < -0.4 is 14.8 Å². The number of pyridine rings is 1. The van der Waals surface area contributed by atoms with Crippen LogP contribution in [0.1, 0.15) is 21.6 Å². The minimum atomic E-state index is -0.102. The lowest BCUT2D eigenvalue weighted by Crippen LogP contribution is -2.26. The van der Waals surface area contributed by atoms with Gasteiger partial charge in [0.1, 0.15) is 11.5 Å². The molecule has 2 aromatic rings. The van der Waals surface area contributed by atoms with Crippen molar-refractivity contribution in [2.45, 2.75) is 12.8 Å². The van der Waals surface area contributed by atoms with Gasteiger partial charge in [-0.15, -0.1) is 0 Å². The van der Waals surface area contributed by atoms with Gasteiger partial charge in [-0.2, -0.15) is 0 Å². The van der Waals surface area contributed by atoms with Crippen molar-refractivity contribution in [2.24, 2.45) is 5.92 Å². The maximum Gasteiger partial charge on any atom is 0.252 e. The Morgan fingerprint density at radius 1 is 1.43 bits per heavy atom. The molecule has 0 saturated carbocycles. The molecule has 1 amide bonds. The van der Waals surface area contributed by atoms with E-state index in [4.69, 9.17) is 9.47 Å². The molecule has 2 heterocycles. The largest absolute Gasteiger partial charge is 0.497 e. The van der Waals surface area contributed by atoms with E-state index in [9.17, 15) is 4.79 Å². The van der Waals surface area contributed by atoms with E-state index < -0.39 is 0 Å². The first-order valence-electron chi connectivity index (χ1n) is 7.67. The summed E-state index contributed by atoms with van der Waals surface area (Å²) in [5.41, 5.74) is 2.62. The standard InChI is InChI=1S/C18H20N2O3/c1-19-18(21)15-4-3-7-20-16(15)9-12-8-13-5-6-14(22-2)10-17(13)23-11-12/h3-7,10,12H,8-9,11H2,1-2H3,(H,19,21). The number of rotatable bonds is 4. The van der Waals surface area contributed by atoms with E-state index in [2.05, 4.69) is 10.3 Å². The summed E-state index contributed by atoms with van der Waals surface area (Å²) in [6, 6.07) is 9.50. The summed E-state index contributed by atoms with van der Waals surface area (Å²) in [6.45, 7) is 0.615. The van der Waals surface area contributed by atoms with Crippen molar-refractivity contribution in [1.82, 2.24) is 10.3 Å². The molecule has 0 aliphatic carbocycles. The topological polar surface area (TPSA) is 60.5 Å². The summed E-state index contributed by atoms with van der Waals surface area (Å²) in [4.78, 5) is 16.3. The molecule has 0 fully saturated rings. The molecule has 0 bridgehead atoms. The average Bonchev–Trinajstić information content (AvgIpc) is 2.61. The van der Waals surface area contributed by atoms with Crippen molar-refractivity contribution >= 4 is 5.91 Å². The zero-order valence-electron chi connectivity index (χ0n) is 13.3. The maximum atomic E-state index is 11.9. The SMILES string of the molecule is CNC(=O)c1cccnc1CC1COc2cc(OC)ccc2C1. The molecule has 5 nitrogen and oxygen atoms in total. The lowest BCUT2D eigenvalue weighted by atomic mass is 9.91. The van der Waals surface area contributed by atoms with Gasteiger partial charge < -0.3 is 14.8 Å². The first kappa shape index (κ1) is 15.3. The van der Waals surface area contributed by atoms with E-state index >= 15 is 0 Å². The quantitative estimate of drug-likeness (QED) is 0.940. The number of nitrogens with zero attached hydrogens (tertiary/aromatic N) is 1. The lowest BCUT2D eigenvalue weighted by Gasteiger charge is -2.26. The van der Waals surface area contributed by atoms with E-state index in [-0.39, 0.29) is 5.91 Å². The maximum absolute atomic E-state index is 11.9. The van der Waals surface area contributed by atoms with Crippen molar-refractivity contribution in [2.75, 3.05) is 20.8 Å². The number of amides is 1. The number of nitrogens with one attached hydrogen (secondary N) is 1. The number of carbonyl (C=O) groups excluding carboxylic acids is 1. The second-order valence-electron chi connectivity index (χ2n) is 5.64. The summed E-state index contributed by atoms with van der Waals surface area (Å²) in [5.74, 6) is 1.88. The van der Waals surface area contributed by atoms with Crippen molar-refractivity contribution in [3.05, 3.63) is 53.3 Å². The van der Waals surface area contributed by atoms with Gasteiger partial charge in [0.25, 0.3) is 5.91 Å². The number of benzene rings is 1. The molecule has 1 N–H and O–H groups in total. The first-order valence-corrected chi connectivity index (χ1v) is 7.67. The number of hydrogen-bond acceptors (Lipinski definition) is 4. The van der Waals surface area contributed by atoms with Gasteiger partial charge in [-0.3, -0.25) is 9.78 Å². The second-order valence-corrected chi connectivity index (χ2v) is 5.64. The molecule has 5 heteroatoms. The Balaban J connectivity index is 1.76. The highest BCUT2D eigenvalue weighted by Crippen LogP contribution is 2.32. The second kappa shape index (κ2) is 6.69. The molecule has 3 rings (SSSR count). The highest BCUT2D eigenvalue weighted by atomic mass is 16.5. The normalized spacial score (nSPS) is 16.2. The number of carbonyl (C=O) groups is 1. The van der Waals surface area contributed by atoms with Crippen LogP contribution in [0.2, 0.25) is 0 Å². The first-order chi connectivity index (χ1) is 11.2. The van der Waals surface area contributed by atoms with Crippen molar-refractivity contribution in [3.63, 3.8) is 0 Å². The molecular weight excluding hydrogens is 292 g/mol. The lowest BCUT2D eigenvalue weighted by molar-refractivity contribution is 0.0961. The van der Waals surface area contributed by atoms with Crippen LogP contribution in [0.5, 0.6) is 11.5 Å². The van der Waals surface area contributed by atoms with Crippen LogP contribution >= 0.6 is 0 Å². The highest BCUT2D eigenvalue weighted by Gasteiger charge is 2.23. The van der Waals surface area contributed by atoms with Crippen molar-refractivity contribution in [1.29, 1.82) is 0 Å². The predicted octanol–water partition coefficient (Wildman–Crippen LogP) is 2.24. The molecule has 1 aromatic carbocycles. The Bertz CT molecular complexity index is 715. The average molecular weight is 312 g/mol. The fraction of sp³-hybridized carbons (Fsp3) is 0.333. The third kappa shape index (κ3) is 3.28. The fourth-order valence-corrected chi connectivity index (χ4v) is 2.89. The van der Waals surface area contributed by atoms with Crippen molar-refractivity contribution < 1.29 is 14.3 Å². The molecule has 23 heavy (non-hydrogen) atoms. The summed E-state index contributed by atoms with van der Waals surface area (Å²) in [7, 11) is 3.28. The summed E-state index contributed by atoms with van der Waals surface area (Å²) in [6.07, 6.45) is 3.35. The van der Waals surface area contributed by atoms with Gasteiger partial charge in [-0.1, -0.05) is 6.07 Å². The van der Waals surface area contributed by atoms with Gasteiger partial charge in [0, 0.05) is 25.2 Å². The van der Waals surface area contributed by atoms with E-state index in [1.807, 2.05) is 24.3 Å². The third-order valence-electron chi connectivity index (χ3n) is 4.10. The monoisotopic (exact) mass is 312 g/mol. The zero-order valence-corrected chi connectivity index (χ0v) is 13.3. The zero-order chi connectivity index (χ0) is 16.2. The molecule has 0 saturated heterocycles.